The largest absolute Gasteiger partial charge is 0.496 e. The molecule has 0 radical (unpaired) electrons. The monoisotopic (exact) mass is 479 g/mol. The molecule has 7 nitrogen and oxygen atoms in total. The van der Waals surface area contributed by atoms with Crippen molar-refractivity contribution in [3.8, 4) is 5.75 Å². The first-order valence-electron chi connectivity index (χ1n) is 12.3. The van der Waals surface area contributed by atoms with Crippen LogP contribution in [0.1, 0.15) is 56.7 Å². The Balaban J connectivity index is 1.66. The summed E-state index contributed by atoms with van der Waals surface area (Å²) in [6, 6.07) is 14.5. The zero-order chi connectivity index (χ0) is 25.4. The third-order valence-electron chi connectivity index (χ3n) is 5.86. The lowest BCUT2D eigenvalue weighted by molar-refractivity contribution is 0.0925. The maximum Gasteiger partial charge on any atom is 0.321 e. The lowest BCUT2D eigenvalue weighted by atomic mass is 10.1. The van der Waals surface area contributed by atoms with Crippen LogP contribution in [-0.4, -0.2) is 37.0 Å². The van der Waals surface area contributed by atoms with E-state index in [1.165, 1.54) is 0 Å². The summed E-state index contributed by atoms with van der Waals surface area (Å²) in [6.45, 7) is 10.4. The molecule has 0 saturated carbocycles. The average molecular weight is 480 g/mol. The van der Waals surface area contributed by atoms with Gasteiger partial charge in [-0.25, -0.2) is 4.79 Å². The van der Waals surface area contributed by atoms with Gasteiger partial charge >= 0.3 is 6.03 Å². The van der Waals surface area contributed by atoms with Crippen LogP contribution in [0.2, 0.25) is 0 Å². The predicted octanol–water partition coefficient (Wildman–Crippen LogP) is 6.30. The fourth-order valence-corrected chi connectivity index (χ4v) is 3.69. The van der Waals surface area contributed by atoms with E-state index in [4.69, 9.17) is 9.15 Å². The van der Waals surface area contributed by atoms with E-state index < -0.39 is 0 Å². The van der Waals surface area contributed by atoms with E-state index in [0.29, 0.717) is 35.4 Å². The van der Waals surface area contributed by atoms with Crippen LogP contribution in [0.15, 0.2) is 52.9 Å². The third-order valence-corrected chi connectivity index (χ3v) is 5.86. The van der Waals surface area contributed by atoms with Gasteiger partial charge < -0.3 is 24.7 Å². The summed E-state index contributed by atoms with van der Waals surface area (Å²) in [4.78, 5) is 27.5. The topological polar surface area (TPSA) is 83.8 Å². The quantitative estimate of drug-likeness (QED) is 0.338. The number of amides is 3. The molecule has 3 amide bonds. The number of furan rings is 1. The molecule has 1 aromatic heterocycles. The van der Waals surface area contributed by atoms with E-state index in [2.05, 4.69) is 38.3 Å². The second-order valence-electron chi connectivity index (χ2n) is 9.64. The standard InChI is InChI=1S/C28H37N3O4/c1-19(2)12-14-31(15-13-20(3)4)28(33)30-23-10-11-25-22(16-23)17-26(35-25)27(32)29-18-21-8-6-7-9-24(21)34-5/h6-11,16-17,19-20H,12-15,18H2,1-5H3,(H,29,32)(H,30,33). The number of nitrogens with zero attached hydrogens (tertiary/aromatic N) is 1. The Morgan fingerprint density at radius 3 is 2.31 bits per heavy atom. The highest BCUT2D eigenvalue weighted by molar-refractivity contribution is 5.98. The second kappa shape index (κ2) is 12.3. The minimum atomic E-state index is -0.314. The summed E-state index contributed by atoms with van der Waals surface area (Å²) in [5.74, 6) is 1.67. The van der Waals surface area contributed by atoms with E-state index in [0.717, 1.165) is 36.9 Å². The molecule has 0 fully saturated rings. The van der Waals surface area contributed by atoms with Gasteiger partial charge in [-0.05, 0) is 55.0 Å². The first-order valence-corrected chi connectivity index (χ1v) is 12.3. The minimum Gasteiger partial charge on any atom is -0.496 e. The molecule has 7 heteroatoms. The van der Waals surface area contributed by atoms with Crippen molar-refractivity contribution in [3.63, 3.8) is 0 Å². The third kappa shape index (κ3) is 7.50. The van der Waals surface area contributed by atoms with Crippen LogP contribution < -0.4 is 15.4 Å². The van der Waals surface area contributed by atoms with E-state index in [1.54, 1.807) is 25.3 Å². The Kier molecular flexibility index (Phi) is 9.18. The number of urea groups is 1. The maximum atomic E-state index is 13.0. The van der Waals surface area contributed by atoms with Gasteiger partial charge in [0.05, 0.1) is 7.11 Å². The molecule has 0 aliphatic carbocycles. The van der Waals surface area contributed by atoms with Gasteiger partial charge in [-0.1, -0.05) is 45.9 Å². The Morgan fingerprint density at radius 2 is 1.66 bits per heavy atom. The van der Waals surface area contributed by atoms with E-state index in [1.807, 2.05) is 35.2 Å². The highest BCUT2D eigenvalue weighted by Crippen LogP contribution is 2.24. The molecule has 0 bridgehead atoms. The fraction of sp³-hybridized carbons (Fsp3) is 0.429. The Morgan fingerprint density at radius 1 is 0.971 bits per heavy atom. The second-order valence-corrected chi connectivity index (χ2v) is 9.64. The van der Waals surface area contributed by atoms with Crippen molar-refractivity contribution >= 4 is 28.6 Å². The van der Waals surface area contributed by atoms with Crippen LogP contribution in [0.5, 0.6) is 5.75 Å². The Labute approximate surface area is 207 Å². The van der Waals surface area contributed by atoms with E-state index >= 15 is 0 Å². The maximum absolute atomic E-state index is 13.0. The molecule has 35 heavy (non-hydrogen) atoms. The number of carbonyl (C=O) groups excluding carboxylic acids is 2. The summed E-state index contributed by atoms with van der Waals surface area (Å²) in [6.07, 6.45) is 1.92. The molecule has 3 rings (SSSR count). The Hall–Kier alpha value is -3.48. The number of carbonyl (C=O) groups is 2. The van der Waals surface area contributed by atoms with E-state index in [-0.39, 0.29) is 17.7 Å². The predicted molar refractivity (Wildman–Crippen MR) is 140 cm³/mol. The highest BCUT2D eigenvalue weighted by atomic mass is 16.5. The summed E-state index contributed by atoms with van der Waals surface area (Å²) < 4.78 is 11.1. The van der Waals surface area contributed by atoms with E-state index in [9.17, 15) is 9.59 Å². The number of hydrogen-bond acceptors (Lipinski definition) is 4. The lowest BCUT2D eigenvalue weighted by Gasteiger charge is -2.25. The van der Waals surface area contributed by atoms with Crippen molar-refractivity contribution in [2.75, 3.05) is 25.5 Å². The molecule has 0 saturated heterocycles. The van der Waals surface area contributed by atoms with Crippen LogP contribution in [-0.2, 0) is 6.54 Å². The summed E-state index contributed by atoms with van der Waals surface area (Å²) in [5, 5.41) is 6.63. The molecular formula is C28H37N3O4. The van der Waals surface area contributed by atoms with Crippen LogP contribution >= 0.6 is 0 Å². The van der Waals surface area contributed by atoms with Crippen LogP contribution in [0.4, 0.5) is 10.5 Å². The lowest BCUT2D eigenvalue weighted by Crippen LogP contribution is -2.37. The molecular weight excluding hydrogens is 442 g/mol. The minimum absolute atomic E-state index is 0.107. The molecule has 2 N–H and O–H groups in total. The van der Waals surface area contributed by atoms with Gasteiger partial charge in [0.2, 0.25) is 0 Å². The number of hydrogen-bond donors (Lipinski definition) is 2. The SMILES string of the molecule is COc1ccccc1CNC(=O)c1cc2cc(NC(=O)N(CCC(C)C)CCC(C)C)ccc2o1. The van der Waals surface area contributed by atoms with Crippen molar-refractivity contribution < 1.29 is 18.7 Å². The zero-order valence-electron chi connectivity index (χ0n) is 21.4. The number of nitrogens with one attached hydrogen (secondary N) is 2. The van der Waals surface area contributed by atoms with Crippen molar-refractivity contribution in [2.24, 2.45) is 11.8 Å². The van der Waals surface area contributed by atoms with Crippen LogP contribution in [0.25, 0.3) is 11.0 Å². The molecule has 0 unspecified atom stereocenters. The molecule has 3 aromatic rings. The molecule has 1 heterocycles. The Bertz CT molecular complexity index is 1120. The van der Waals surface area contributed by atoms with Gasteiger partial charge in [-0.2, -0.15) is 0 Å². The number of ether oxygens (including phenoxy) is 1. The first-order chi connectivity index (χ1) is 16.8. The van der Waals surface area contributed by atoms with Crippen molar-refractivity contribution in [3.05, 3.63) is 59.9 Å². The van der Waals surface area contributed by atoms with Gasteiger partial charge in [0, 0.05) is 36.3 Å². The van der Waals surface area contributed by atoms with Gasteiger partial charge in [0.25, 0.3) is 5.91 Å². The van der Waals surface area contributed by atoms with Gasteiger partial charge in [-0.3, -0.25) is 4.79 Å². The number of para-hydroxylation sites is 1. The fourth-order valence-electron chi connectivity index (χ4n) is 3.69. The molecule has 188 valence electrons. The number of fused-ring (bicyclic) bond motifs is 1. The summed E-state index contributed by atoms with van der Waals surface area (Å²) in [5.41, 5.74) is 2.13. The van der Waals surface area contributed by atoms with Gasteiger partial charge in [0.15, 0.2) is 5.76 Å². The van der Waals surface area contributed by atoms with Crippen molar-refractivity contribution in [2.45, 2.75) is 47.1 Å². The summed E-state index contributed by atoms with van der Waals surface area (Å²) >= 11 is 0. The molecule has 2 aromatic carbocycles. The first kappa shape index (κ1) is 26.1. The zero-order valence-corrected chi connectivity index (χ0v) is 21.4. The van der Waals surface area contributed by atoms with Gasteiger partial charge in [0.1, 0.15) is 11.3 Å². The number of rotatable bonds is 11. The molecule has 0 atom stereocenters. The van der Waals surface area contributed by atoms with Crippen molar-refractivity contribution in [1.82, 2.24) is 10.2 Å². The van der Waals surface area contributed by atoms with Crippen LogP contribution in [0.3, 0.4) is 0 Å². The number of anilines is 1. The van der Waals surface area contributed by atoms with Gasteiger partial charge in [-0.15, -0.1) is 0 Å². The number of methoxy groups -OCH3 is 1. The summed E-state index contributed by atoms with van der Waals surface area (Å²) in [7, 11) is 1.60. The highest BCUT2D eigenvalue weighted by Gasteiger charge is 2.17. The molecule has 0 spiro atoms. The average Bonchev–Trinajstić information content (AvgIpc) is 3.26. The molecule has 0 aliphatic rings. The molecule has 0 aliphatic heterocycles. The normalized spacial score (nSPS) is 11.2. The van der Waals surface area contributed by atoms with Crippen LogP contribution in [0, 0.1) is 11.8 Å². The number of benzene rings is 2. The smallest absolute Gasteiger partial charge is 0.321 e. The van der Waals surface area contributed by atoms with Crippen molar-refractivity contribution in [1.29, 1.82) is 0 Å².